The van der Waals surface area contributed by atoms with E-state index in [1.165, 1.54) is 0 Å². The van der Waals surface area contributed by atoms with E-state index in [-0.39, 0.29) is 47.9 Å². The fourth-order valence-corrected chi connectivity index (χ4v) is 8.16. The van der Waals surface area contributed by atoms with Gasteiger partial charge in [-0.2, -0.15) is 0 Å². The maximum atomic E-state index is 14.5. The Kier molecular flexibility index (Phi) is 9.80. The zero-order valence-electron chi connectivity index (χ0n) is 27.4. The largest absolute Gasteiger partial charge is 0.485 e. The molecule has 3 heterocycles. The number of rotatable bonds is 10. The molecule has 48 heavy (non-hydrogen) atoms. The SMILES string of the molecule is Cc1cc(Cl)c(O[C@@H]2CCN(c3ccc([C@H]4CCNC[C@@H]4C(=O)N(C4CC4)C(C)c4cc(C(=O)NC5CC5)ccc4Cl)cn3)C2)c(Cl)c1. The summed E-state index contributed by atoms with van der Waals surface area (Å²) in [7, 11) is 0. The van der Waals surface area contributed by atoms with Crippen molar-refractivity contribution in [2.75, 3.05) is 31.1 Å². The number of piperidine rings is 1. The van der Waals surface area contributed by atoms with Gasteiger partial charge in [0.05, 0.1) is 28.5 Å². The molecule has 2 saturated heterocycles. The Hall–Kier alpha value is -3.04. The minimum Gasteiger partial charge on any atom is -0.485 e. The predicted molar refractivity (Wildman–Crippen MR) is 191 cm³/mol. The van der Waals surface area contributed by atoms with Crippen LogP contribution in [0.1, 0.15) is 84.5 Å². The Morgan fingerprint density at radius 3 is 2.46 bits per heavy atom. The number of halogens is 3. The van der Waals surface area contributed by atoms with Gasteiger partial charge in [0.2, 0.25) is 5.91 Å². The lowest BCUT2D eigenvalue weighted by Crippen LogP contribution is -2.48. The molecule has 3 aromatic rings. The van der Waals surface area contributed by atoms with Gasteiger partial charge in [-0.25, -0.2) is 4.98 Å². The maximum absolute atomic E-state index is 14.5. The molecule has 0 bridgehead atoms. The van der Waals surface area contributed by atoms with Crippen LogP contribution in [0, 0.1) is 12.8 Å². The normalized spacial score (nSPS) is 23.1. The Bertz CT molecular complexity index is 1660. The summed E-state index contributed by atoms with van der Waals surface area (Å²) >= 11 is 19.6. The van der Waals surface area contributed by atoms with Crippen molar-refractivity contribution >= 4 is 52.4 Å². The minimum atomic E-state index is -0.260. The Morgan fingerprint density at radius 1 is 1.00 bits per heavy atom. The van der Waals surface area contributed by atoms with Gasteiger partial charge in [-0.05, 0) is 112 Å². The van der Waals surface area contributed by atoms with Crippen LogP contribution in [0.15, 0.2) is 48.7 Å². The number of benzene rings is 2. The zero-order chi connectivity index (χ0) is 33.5. The van der Waals surface area contributed by atoms with Crippen LogP contribution >= 0.6 is 34.8 Å². The molecule has 8 nitrogen and oxygen atoms in total. The molecule has 0 radical (unpaired) electrons. The molecule has 7 rings (SSSR count). The van der Waals surface area contributed by atoms with Gasteiger partial charge < -0.3 is 25.2 Å². The highest BCUT2D eigenvalue weighted by Gasteiger charge is 2.43. The molecule has 254 valence electrons. The van der Waals surface area contributed by atoms with Crippen molar-refractivity contribution < 1.29 is 14.3 Å². The molecule has 2 N–H and O–H groups in total. The second-order valence-electron chi connectivity index (χ2n) is 13.8. The predicted octanol–water partition coefficient (Wildman–Crippen LogP) is 7.35. The molecule has 4 fully saturated rings. The first-order valence-corrected chi connectivity index (χ1v) is 18.3. The molecule has 2 aromatic carbocycles. The lowest BCUT2D eigenvalue weighted by molar-refractivity contribution is -0.139. The molecular formula is C37H42Cl3N5O3. The number of pyridine rings is 1. The van der Waals surface area contributed by atoms with Crippen molar-refractivity contribution in [3.8, 4) is 5.75 Å². The van der Waals surface area contributed by atoms with Crippen LogP contribution in [-0.2, 0) is 4.79 Å². The third-order valence-corrected chi connectivity index (χ3v) is 11.0. The van der Waals surface area contributed by atoms with E-state index in [1.807, 2.05) is 43.1 Å². The van der Waals surface area contributed by atoms with E-state index in [2.05, 4.69) is 27.7 Å². The third kappa shape index (κ3) is 7.28. The smallest absolute Gasteiger partial charge is 0.251 e. The molecule has 2 amide bonds. The molecule has 1 unspecified atom stereocenters. The van der Waals surface area contributed by atoms with Gasteiger partial charge >= 0.3 is 0 Å². The van der Waals surface area contributed by atoms with Crippen molar-refractivity contribution in [3.63, 3.8) is 0 Å². The number of carbonyl (C=O) groups excluding carboxylic acids is 2. The number of nitrogens with zero attached hydrogens (tertiary/aromatic N) is 3. The first-order valence-electron chi connectivity index (χ1n) is 17.1. The topological polar surface area (TPSA) is 86.8 Å². The van der Waals surface area contributed by atoms with E-state index in [4.69, 9.17) is 44.5 Å². The van der Waals surface area contributed by atoms with Gasteiger partial charge in [-0.1, -0.05) is 40.9 Å². The van der Waals surface area contributed by atoms with Crippen molar-refractivity contribution in [1.29, 1.82) is 0 Å². The van der Waals surface area contributed by atoms with E-state index in [1.54, 1.807) is 12.1 Å². The zero-order valence-corrected chi connectivity index (χ0v) is 29.6. The monoisotopic (exact) mass is 709 g/mol. The summed E-state index contributed by atoms with van der Waals surface area (Å²) in [6.07, 6.45) is 7.56. The molecule has 4 aliphatic rings. The molecular weight excluding hydrogens is 669 g/mol. The molecule has 4 atom stereocenters. The van der Waals surface area contributed by atoms with Gasteiger partial charge in [-0.15, -0.1) is 0 Å². The van der Waals surface area contributed by atoms with E-state index >= 15 is 0 Å². The van der Waals surface area contributed by atoms with Gasteiger partial charge in [-0.3, -0.25) is 9.59 Å². The molecule has 2 aliphatic heterocycles. The van der Waals surface area contributed by atoms with E-state index < -0.39 is 0 Å². The first kappa shape index (κ1) is 33.5. The summed E-state index contributed by atoms with van der Waals surface area (Å²) in [4.78, 5) is 36.5. The number of aryl methyl sites for hydroxylation is 1. The highest BCUT2D eigenvalue weighted by atomic mass is 35.5. The first-order chi connectivity index (χ1) is 23.2. The third-order valence-electron chi connectivity index (χ3n) is 10.1. The number of hydrogen-bond acceptors (Lipinski definition) is 6. The van der Waals surface area contributed by atoms with Gasteiger partial charge in [0, 0.05) is 48.4 Å². The van der Waals surface area contributed by atoms with Gasteiger partial charge in [0.15, 0.2) is 5.75 Å². The fourth-order valence-electron chi connectivity index (χ4n) is 7.20. The van der Waals surface area contributed by atoms with Crippen molar-refractivity contribution in [3.05, 3.63) is 86.0 Å². The number of anilines is 1. The molecule has 11 heteroatoms. The Balaban J connectivity index is 1.05. The quantitative estimate of drug-likeness (QED) is 0.229. The molecule has 1 aromatic heterocycles. The fraction of sp³-hybridized carbons (Fsp3) is 0.486. The number of carbonyl (C=O) groups is 2. The minimum absolute atomic E-state index is 0.0420. The second-order valence-corrected chi connectivity index (χ2v) is 15.0. The average molecular weight is 711 g/mol. The van der Waals surface area contributed by atoms with Crippen LogP contribution in [-0.4, -0.2) is 66.1 Å². The van der Waals surface area contributed by atoms with E-state index in [0.29, 0.717) is 39.5 Å². The number of nitrogens with one attached hydrogen (secondary N) is 2. The van der Waals surface area contributed by atoms with Gasteiger partial charge in [0.1, 0.15) is 11.9 Å². The summed E-state index contributed by atoms with van der Waals surface area (Å²) in [6.45, 7) is 6.93. The average Bonchev–Trinajstić information content (AvgIpc) is 4.02. The number of aromatic nitrogens is 1. The van der Waals surface area contributed by atoms with Crippen LogP contribution in [0.2, 0.25) is 15.1 Å². The second kappa shape index (κ2) is 14.1. The van der Waals surface area contributed by atoms with Gasteiger partial charge in [0.25, 0.3) is 5.91 Å². The Morgan fingerprint density at radius 2 is 1.77 bits per heavy atom. The van der Waals surface area contributed by atoms with Crippen LogP contribution in [0.5, 0.6) is 5.75 Å². The van der Waals surface area contributed by atoms with Crippen molar-refractivity contribution in [2.45, 2.75) is 82.5 Å². The standard InChI is InChI=1S/C37H42Cl3N5O3/c1-21-15-32(39)35(33(40)16-21)48-27-12-14-44(20-27)34-10-4-24(18-42-34)28-11-13-41-19-30(28)37(47)45(26-7-8-26)22(2)29-17-23(3-9-31(29)38)36(46)43-25-5-6-25/h3-4,9-10,15-18,22,25-28,30,41H,5-8,11-14,19-20H2,1-2H3,(H,43,46)/t22?,27-,28-,30+/m1/s1. The number of ether oxygens (including phenoxy) is 1. The number of hydrogen-bond donors (Lipinski definition) is 2. The molecule has 2 saturated carbocycles. The summed E-state index contributed by atoms with van der Waals surface area (Å²) in [5, 5.41) is 8.15. The highest BCUT2D eigenvalue weighted by molar-refractivity contribution is 6.37. The molecule has 2 aliphatic carbocycles. The summed E-state index contributed by atoms with van der Waals surface area (Å²) in [5.74, 6) is 1.27. The molecule has 0 spiro atoms. The lowest BCUT2D eigenvalue weighted by Gasteiger charge is -2.38. The Labute approximate surface area is 297 Å². The van der Waals surface area contributed by atoms with E-state index in [9.17, 15) is 9.59 Å². The summed E-state index contributed by atoms with van der Waals surface area (Å²) in [6, 6.07) is 13.5. The van der Waals surface area contributed by atoms with Crippen molar-refractivity contribution in [1.82, 2.24) is 20.5 Å². The van der Waals surface area contributed by atoms with Crippen LogP contribution in [0.4, 0.5) is 5.82 Å². The maximum Gasteiger partial charge on any atom is 0.251 e. The van der Waals surface area contributed by atoms with Crippen molar-refractivity contribution in [2.24, 2.45) is 5.92 Å². The number of amides is 2. The summed E-state index contributed by atoms with van der Waals surface area (Å²) < 4.78 is 6.23. The van der Waals surface area contributed by atoms with Crippen LogP contribution in [0.3, 0.4) is 0 Å². The van der Waals surface area contributed by atoms with Crippen LogP contribution < -0.4 is 20.3 Å². The highest BCUT2D eigenvalue weighted by Crippen LogP contribution is 2.41. The lowest BCUT2D eigenvalue weighted by atomic mass is 9.80. The summed E-state index contributed by atoms with van der Waals surface area (Å²) in [5.41, 5.74) is 3.46. The van der Waals surface area contributed by atoms with Crippen LogP contribution in [0.25, 0.3) is 0 Å². The van der Waals surface area contributed by atoms with E-state index in [0.717, 1.165) is 74.1 Å².